The second kappa shape index (κ2) is 9.38. The summed E-state index contributed by atoms with van der Waals surface area (Å²) in [6, 6.07) is 8.04. The molecular formula is C29H18O11. The third kappa shape index (κ3) is 3.78. The number of hydrogen-bond acceptors (Lipinski definition) is 11. The van der Waals surface area contributed by atoms with Crippen molar-refractivity contribution in [3.63, 3.8) is 0 Å². The molecule has 0 bridgehead atoms. The quantitative estimate of drug-likeness (QED) is 0.187. The van der Waals surface area contributed by atoms with Crippen molar-refractivity contribution in [1.82, 2.24) is 0 Å². The van der Waals surface area contributed by atoms with Gasteiger partial charge in [0.05, 0.1) is 39.4 Å². The average Bonchev–Trinajstić information content (AvgIpc) is 2.88. The Bertz CT molecular complexity index is 2040. The molecule has 0 atom stereocenters. The van der Waals surface area contributed by atoms with Crippen molar-refractivity contribution in [1.29, 1.82) is 0 Å². The van der Waals surface area contributed by atoms with E-state index in [4.69, 9.17) is 18.9 Å². The molecule has 0 saturated carbocycles. The monoisotopic (exact) mass is 542 g/mol. The summed E-state index contributed by atoms with van der Waals surface area (Å²) in [6.07, 6.45) is 0. The molecule has 11 nitrogen and oxygen atoms in total. The predicted octanol–water partition coefficient (Wildman–Crippen LogP) is 2.40. The second-order valence-electron chi connectivity index (χ2n) is 8.82. The zero-order valence-corrected chi connectivity index (χ0v) is 21.5. The topological polar surface area (TPSA) is 156 Å². The highest BCUT2D eigenvalue weighted by atomic mass is 16.5. The highest BCUT2D eigenvalue weighted by Crippen LogP contribution is 2.40. The Morgan fingerprint density at radius 3 is 1.23 bits per heavy atom. The van der Waals surface area contributed by atoms with Crippen LogP contribution in [0.25, 0.3) is 43.1 Å². The van der Waals surface area contributed by atoms with E-state index in [1.165, 1.54) is 36.4 Å². The van der Waals surface area contributed by atoms with E-state index in [0.717, 1.165) is 27.9 Å². The maximum atomic E-state index is 14.0. The summed E-state index contributed by atoms with van der Waals surface area (Å²) in [5.41, 5.74) is -3.44. The van der Waals surface area contributed by atoms with E-state index in [1.54, 1.807) is 0 Å². The Balaban J connectivity index is 2.19. The second-order valence-corrected chi connectivity index (χ2v) is 8.82. The number of methoxy groups -OCH3 is 1. The van der Waals surface area contributed by atoms with Gasteiger partial charge in [-0.15, -0.1) is 0 Å². The maximum absolute atomic E-state index is 14.0. The molecule has 0 aromatic heterocycles. The summed E-state index contributed by atoms with van der Waals surface area (Å²) in [4.78, 5) is 91.4. The Labute approximate surface area is 222 Å². The first-order valence-corrected chi connectivity index (χ1v) is 11.8. The van der Waals surface area contributed by atoms with E-state index in [-0.39, 0.29) is 38.8 Å². The Kier molecular flexibility index (Phi) is 6.14. The first kappa shape index (κ1) is 26.2. The number of benzene rings is 5. The van der Waals surface area contributed by atoms with Gasteiger partial charge in [-0.05, 0) is 12.1 Å². The molecule has 0 aliphatic carbocycles. The van der Waals surface area contributed by atoms with Crippen LogP contribution in [0, 0.1) is 0 Å². The Morgan fingerprint density at radius 1 is 0.500 bits per heavy atom. The molecule has 200 valence electrons. The smallest absolute Gasteiger partial charge is 0.308 e. The molecule has 0 radical (unpaired) electrons. The van der Waals surface area contributed by atoms with Crippen LogP contribution in [-0.4, -0.2) is 25.0 Å². The summed E-state index contributed by atoms with van der Waals surface area (Å²) in [5.74, 6) is -4.00. The number of carbonyl (C=O) groups is 3. The van der Waals surface area contributed by atoms with Crippen molar-refractivity contribution < 1.29 is 33.3 Å². The molecule has 11 heteroatoms. The van der Waals surface area contributed by atoms with Gasteiger partial charge in [0.15, 0.2) is 16.6 Å². The standard InChI is InChI=1S/C29H18O11/c1-11(30)38-16-9-5-7-14-18(16)26(35)22-20(24(14)33)28(37-4)21-23(29(22)40-13(3)32)27(36)19-15(25(21)34)8-6-10-17(19)39-12(2)31/h5-10H,1-4H3. The Hall–Kier alpha value is -5.45. The normalized spacial score (nSPS) is 11.2. The molecule has 0 N–H and O–H groups in total. The van der Waals surface area contributed by atoms with Crippen LogP contribution in [-0.2, 0) is 14.4 Å². The number of ether oxygens (including phenoxy) is 4. The molecule has 0 fully saturated rings. The zero-order chi connectivity index (χ0) is 29.0. The maximum Gasteiger partial charge on any atom is 0.308 e. The van der Waals surface area contributed by atoms with E-state index in [2.05, 4.69) is 0 Å². The molecule has 0 saturated heterocycles. The molecule has 5 aromatic carbocycles. The minimum atomic E-state index is -0.965. The number of hydrogen-bond donors (Lipinski definition) is 0. The molecule has 5 aromatic rings. The highest BCUT2D eigenvalue weighted by molar-refractivity contribution is 6.18. The lowest BCUT2D eigenvalue weighted by atomic mass is 9.93. The van der Waals surface area contributed by atoms with Gasteiger partial charge in [-0.2, -0.15) is 0 Å². The van der Waals surface area contributed by atoms with Crippen LogP contribution in [0.3, 0.4) is 0 Å². The van der Waals surface area contributed by atoms with Crippen LogP contribution >= 0.6 is 0 Å². The van der Waals surface area contributed by atoms with Crippen molar-refractivity contribution in [3.8, 4) is 23.0 Å². The molecule has 0 unspecified atom stereocenters. The lowest BCUT2D eigenvalue weighted by Gasteiger charge is -2.16. The van der Waals surface area contributed by atoms with Gasteiger partial charge in [-0.3, -0.25) is 33.6 Å². The SMILES string of the molecule is COc1c2c(=O)c3cccc(OC(C)=O)c3c(=O)c2c(OC(C)=O)c2c(=O)c3c(OC(C)=O)cccc3c(=O)c12. The van der Waals surface area contributed by atoms with Crippen molar-refractivity contribution in [2.24, 2.45) is 0 Å². The Morgan fingerprint density at radius 2 is 0.875 bits per heavy atom. The highest BCUT2D eigenvalue weighted by Gasteiger charge is 2.30. The van der Waals surface area contributed by atoms with Crippen LogP contribution < -0.4 is 40.7 Å². The molecule has 0 aliphatic rings. The zero-order valence-electron chi connectivity index (χ0n) is 21.5. The van der Waals surface area contributed by atoms with Gasteiger partial charge >= 0.3 is 17.9 Å². The van der Waals surface area contributed by atoms with Crippen LogP contribution in [0.1, 0.15) is 20.8 Å². The average molecular weight is 542 g/mol. The van der Waals surface area contributed by atoms with Gasteiger partial charge in [0.1, 0.15) is 17.2 Å². The van der Waals surface area contributed by atoms with Crippen molar-refractivity contribution in [2.75, 3.05) is 7.11 Å². The van der Waals surface area contributed by atoms with Gasteiger partial charge in [0.2, 0.25) is 10.9 Å². The summed E-state index contributed by atoms with van der Waals surface area (Å²) in [7, 11) is 1.15. The fourth-order valence-corrected chi connectivity index (χ4v) is 4.93. The minimum absolute atomic E-state index is 0.157. The number of fused-ring (bicyclic) bond motifs is 4. The molecule has 5 rings (SSSR count). The van der Waals surface area contributed by atoms with Crippen molar-refractivity contribution in [2.45, 2.75) is 20.8 Å². The largest absolute Gasteiger partial charge is 0.495 e. The lowest BCUT2D eigenvalue weighted by molar-refractivity contribution is -0.132. The van der Waals surface area contributed by atoms with Crippen LogP contribution in [0.4, 0.5) is 0 Å². The third-order valence-corrected chi connectivity index (χ3v) is 6.27. The van der Waals surface area contributed by atoms with Gasteiger partial charge in [-0.1, -0.05) is 24.3 Å². The molecule has 0 aliphatic heterocycles. The number of carbonyl (C=O) groups excluding carboxylic acids is 3. The lowest BCUT2D eigenvalue weighted by Crippen LogP contribution is -2.22. The van der Waals surface area contributed by atoms with Gasteiger partial charge in [0, 0.05) is 31.5 Å². The first-order chi connectivity index (χ1) is 19.0. The summed E-state index contributed by atoms with van der Waals surface area (Å²) >= 11 is 0. The summed E-state index contributed by atoms with van der Waals surface area (Å²) in [6.45, 7) is 3.22. The number of esters is 3. The van der Waals surface area contributed by atoms with Gasteiger partial charge < -0.3 is 18.9 Å². The predicted molar refractivity (Wildman–Crippen MR) is 144 cm³/mol. The first-order valence-electron chi connectivity index (χ1n) is 11.8. The third-order valence-electron chi connectivity index (χ3n) is 6.27. The van der Waals surface area contributed by atoms with Gasteiger partial charge in [-0.25, -0.2) is 0 Å². The van der Waals surface area contributed by atoms with Crippen LogP contribution in [0.15, 0.2) is 55.6 Å². The minimum Gasteiger partial charge on any atom is -0.495 e. The van der Waals surface area contributed by atoms with Crippen LogP contribution in [0.5, 0.6) is 23.0 Å². The fraction of sp³-hybridized carbons (Fsp3) is 0.138. The van der Waals surface area contributed by atoms with Crippen LogP contribution in [0.2, 0.25) is 0 Å². The summed E-state index contributed by atoms with van der Waals surface area (Å²) < 4.78 is 21.1. The number of rotatable bonds is 4. The van der Waals surface area contributed by atoms with E-state index >= 15 is 0 Å². The molecule has 40 heavy (non-hydrogen) atoms. The fourth-order valence-electron chi connectivity index (χ4n) is 4.93. The van der Waals surface area contributed by atoms with E-state index in [1.807, 2.05) is 0 Å². The molecule has 0 amide bonds. The molecular weight excluding hydrogens is 524 g/mol. The van der Waals surface area contributed by atoms with E-state index in [9.17, 15) is 33.6 Å². The van der Waals surface area contributed by atoms with E-state index in [0.29, 0.717) is 0 Å². The molecule has 0 spiro atoms. The van der Waals surface area contributed by atoms with E-state index < -0.39 is 66.9 Å². The van der Waals surface area contributed by atoms with Crippen molar-refractivity contribution >= 4 is 61.0 Å². The van der Waals surface area contributed by atoms with Gasteiger partial charge in [0.25, 0.3) is 0 Å². The molecule has 0 heterocycles. The van der Waals surface area contributed by atoms with Crippen molar-refractivity contribution in [3.05, 3.63) is 77.3 Å². The summed E-state index contributed by atoms with van der Waals surface area (Å²) in [5, 5.41) is -2.80.